The van der Waals surface area contributed by atoms with Crippen LogP contribution in [0.4, 0.5) is 0 Å². The highest BCUT2D eigenvalue weighted by molar-refractivity contribution is 5.97. The van der Waals surface area contributed by atoms with Crippen molar-refractivity contribution < 1.29 is 53.4 Å². The standard InChI is InChI=1S/C38H70N10O11/c1-18(2)15-26(46-35(55)27(16-19(3)4)45-31(51)21(7)40)34(54)43-23(9)33(53)47-29(20(5)6)36(56)41-17-28(50)42-22(8)32(52)48-30(24(10)49)37(57)44-25(38(58)59)13-11-12-14-39/h18-27,29-30,49H,11-17,39-40H2,1-10H3,(H,41,56)(H,42,50)(H,43,54)(H,44,57)(H,45,51)(H,46,55)(H,47,53)(H,48,52)(H,58,59)/t21-,22-,23-,24+,25-,26-,27-,29-,30-/m0/s1. The summed E-state index contributed by atoms with van der Waals surface area (Å²) in [6.45, 7) is 15.8. The first-order valence-corrected chi connectivity index (χ1v) is 20.1. The van der Waals surface area contributed by atoms with Crippen LogP contribution in [0.5, 0.6) is 0 Å². The molecule has 0 spiro atoms. The van der Waals surface area contributed by atoms with Crippen molar-refractivity contribution in [1.82, 2.24) is 42.5 Å². The van der Waals surface area contributed by atoms with E-state index < -0.39 is 120 Å². The van der Waals surface area contributed by atoms with Crippen LogP contribution in [0.15, 0.2) is 0 Å². The highest BCUT2D eigenvalue weighted by atomic mass is 16.4. The second-order valence-corrected chi connectivity index (χ2v) is 16.0. The molecule has 21 nitrogen and oxygen atoms in total. The molecule has 0 rings (SSSR count). The van der Waals surface area contributed by atoms with Gasteiger partial charge in [0.05, 0.1) is 18.7 Å². The van der Waals surface area contributed by atoms with Crippen LogP contribution >= 0.6 is 0 Å². The van der Waals surface area contributed by atoms with Gasteiger partial charge in [-0.3, -0.25) is 38.4 Å². The van der Waals surface area contributed by atoms with Gasteiger partial charge in [-0.05, 0) is 84.1 Å². The molecule has 14 N–H and O–H groups in total. The number of hydrogen-bond donors (Lipinski definition) is 12. The molecule has 0 bridgehead atoms. The molecular formula is C38H70N10O11. The molecule has 0 fully saturated rings. The van der Waals surface area contributed by atoms with Gasteiger partial charge >= 0.3 is 5.97 Å². The van der Waals surface area contributed by atoms with Crippen molar-refractivity contribution >= 4 is 53.2 Å². The van der Waals surface area contributed by atoms with Crippen molar-refractivity contribution in [2.45, 2.75) is 156 Å². The number of hydrogen-bond acceptors (Lipinski definition) is 12. The lowest BCUT2D eigenvalue weighted by Crippen LogP contribution is -2.59. The Balaban J connectivity index is 5.47. The third-order valence-corrected chi connectivity index (χ3v) is 8.91. The maximum absolute atomic E-state index is 13.4. The van der Waals surface area contributed by atoms with Crippen molar-refractivity contribution in [3.8, 4) is 0 Å². The molecule has 59 heavy (non-hydrogen) atoms. The van der Waals surface area contributed by atoms with Gasteiger partial charge in [0.25, 0.3) is 0 Å². The fourth-order valence-electron chi connectivity index (χ4n) is 5.50. The van der Waals surface area contributed by atoms with Crippen molar-refractivity contribution in [1.29, 1.82) is 0 Å². The third kappa shape index (κ3) is 21.1. The third-order valence-electron chi connectivity index (χ3n) is 8.91. The molecule has 9 atom stereocenters. The van der Waals surface area contributed by atoms with E-state index in [1.165, 1.54) is 27.7 Å². The summed E-state index contributed by atoms with van der Waals surface area (Å²) in [4.78, 5) is 115. The summed E-state index contributed by atoms with van der Waals surface area (Å²) in [6.07, 6.45) is 0.0827. The minimum atomic E-state index is -1.55. The normalized spacial score (nSPS) is 15.9. The smallest absolute Gasteiger partial charge is 0.326 e. The van der Waals surface area contributed by atoms with Crippen LogP contribution in [0.2, 0.25) is 0 Å². The van der Waals surface area contributed by atoms with Crippen LogP contribution in [0.1, 0.15) is 101 Å². The lowest BCUT2D eigenvalue weighted by atomic mass is 9.99. The minimum absolute atomic E-state index is 0.0198. The maximum atomic E-state index is 13.4. The van der Waals surface area contributed by atoms with Gasteiger partial charge in [0.15, 0.2) is 0 Å². The molecular weight excluding hydrogens is 772 g/mol. The topological polar surface area (TPSA) is 342 Å². The van der Waals surface area contributed by atoms with E-state index in [1.807, 2.05) is 27.7 Å². The minimum Gasteiger partial charge on any atom is -0.480 e. The van der Waals surface area contributed by atoms with Gasteiger partial charge in [0.2, 0.25) is 47.3 Å². The van der Waals surface area contributed by atoms with Gasteiger partial charge in [-0.15, -0.1) is 0 Å². The summed E-state index contributed by atoms with van der Waals surface area (Å²) < 4.78 is 0. The second-order valence-electron chi connectivity index (χ2n) is 16.0. The zero-order valence-electron chi connectivity index (χ0n) is 36.1. The highest BCUT2D eigenvalue weighted by Gasteiger charge is 2.33. The summed E-state index contributed by atoms with van der Waals surface area (Å²) in [5, 5.41) is 39.4. The SMILES string of the molecule is CC(C)C[C@H](NC(=O)[C@H](C)N)C(=O)N[C@@H](CC(C)C)C(=O)N[C@@H](C)C(=O)N[C@H](C(=O)NCC(=O)N[C@@H](C)C(=O)N[C@H](C(=O)N[C@@H](CCCCN)C(=O)O)[C@@H](C)O)C(C)C. The average molecular weight is 843 g/mol. The van der Waals surface area contributed by atoms with Gasteiger partial charge in [-0.25, -0.2) is 4.79 Å². The summed E-state index contributed by atoms with van der Waals surface area (Å²) in [5.41, 5.74) is 11.1. The van der Waals surface area contributed by atoms with E-state index in [0.29, 0.717) is 19.4 Å². The van der Waals surface area contributed by atoms with Gasteiger partial charge in [0.1, 0.15) is 42.3 Å². The van der Waals surface area contributed by atoms with Gasteiger partial charge in [-0.1, -0.05) is 41.5 Å². The molecule has 21 heteroatoms. The molecule has 0 heterocycles. The molecule has 0 aromatic rings. The molecule has 0 unspecified atom stereocenters. The number of amides is 8. The molecule has 0 aliphatic heterocycles. The Labute approximate surface area is 346 Å². The van der Waals surface area contributed by atoms with Gasteiger partial charge in [-0.2, -0.15) is 0 Å². The molecule has 0 saturated heterocycles. The molecule has 0 aliphatic carbocycles. The fourth-order valence-corrected chi connectivity index (χ4v) is 5.50. The molecule has 8 amide bonds. The number of nitrogens with two attached hydrogens (primary N) is 2. The zero-order chi connectivity index (χ0) is 45.7. The monoisotopic (exact) mass is 843 g/mol. The molecule has 0 radical (unpaired) electrons. The van der Waals surface area contributed by atoms with E-state index in [1.54, 1.807) is 13.8 Å². The van der Waals surface area contributed by atoms with E-state index in [-0.39, 0.29) is 31.1 Å². The Bertz CT molecular complexity index is 1440. The first kappa shape index (κ1) is 54.1. The van der Waals surface area contributed by atoms with E-state index in [0.717, 1.165) is 0 Å². The number of carbonyl (C=O) groups is 9. The number of carboxylic acids is 1. The molecule has 0 aromatic heterocycles. The van der Waals surface area contributed by atoms with Crippen LogP contribution in [0.25, 0.3) is 0 Å². The summed E-state index contributed by atoms with van der Waals surface area (Å²) in [7, 11) is 0. The van der Waals surface area contributed by atoms with E-state index in [4.69, 9.17) is 11.5 Å². The average Bonchev–Trinajstić information content (AvgIpc) is 3.12. The first-order chi connectivity index (χ1) is 27.3. The Morgan fingerprint density at radius 3 is 1.42 bits per heavy atom. The number of carboxylic acid groups (broad SMARTS) is 1. The summed E-state index contributed by atoms with van der Waals surface area (Å²) in [6, 6.07) is -9.33. The number of aliphatic carboxylic acids is 1. The number of aliphatic hydroxyl groups is 1. The van der Waals surface area contributed by atoms with Crippen molar-refractivity contribution in [3.05, 3.63) is 0 Å². The fraction of sp³-hybridized carbons (Fsp3) is 0.763. The predicted molar refractivity (Wildman–Crippen MR) is 217 cm³/mol. The van der Waals surface area contributed by atoms with Crippen LogP contribution in [-0.4, -0.2) is 131 Å². The van der Waals surface area contributed by atoms with E-state index in [9.17, 15) is 53.4 Å². The molecule has 338 valence electrons. The lowest BCUT2D eigenvalue weighted by Gasteiger charge is -2.27. The van der Waals surface area contributed by atoms with Gasteiger partial charge < -0.3 is 64.2 Å². The quantitative estimate of drug-likeness (QED) is 0.0373. The van der Waals surface area contributed by atoms with E-state index >= 15 is 0 Å². The molecule has 0 aromatic carbocycles. The largest absolute Gasteiger partial charge is 0.480 e. The maximum Gasteiger partial charge on any atom is 0.326 e. The molecule has 0 aliphatic rings. The lowest BCUT2D eigenvalue weighted by molar-refractivity contribution is -0.143. The molecule has 0 saturated carbocycles. The van der Waals surface area contributed by atoms with Crippen LogP contribution in [0, 0.1) is 17.8 Å². The summed E-state index contributed by atoms with van der Waals surface area (Å²) in [5.74, 6) is -7.75. The Hall–Kier alpha value is -4.89. The Morgan fingerprint density at radius 1 is 0.525 bits per heavy atom. The van der Waals surface area contributed by atoms with Crippen LogP contribution in [0.3, 0.4) is 0 Å². The van der Waals surface area contributed by atoms with Crippen molar-refractivity contribution in [2.75, 3.05) is 13.1 Å². The Kier molecular flexibility index (Phi) is 24.7. The van der Waals surface area contributed by atoms with Crippen molar-refractivity contribution in [2.24, 2.45) is 29.2 Å². The first-order valence-electron chi connectivity index (χ1n) is 20.1. The number of aliphatic hydroxyl groups excluding tert-OH is 1. The number of unbranched alkanes of at least 4 members (excludes halogenated alkanes) is 1. The number of nitrogens with one attached hydrogen (secondary N) is 8. The number of carbonyl (C=O) groups excluding carboxylic acids is 8. The van der Waals surface area contributed by atoms with Crippen LogP contribution in [-0.2, 0) is 43.2 Å². The highest BCUT2D eigenvalue weighted by Crippen LogP contribution is 2.10. The van der Waals surface area contributed by atoms with Gasteiger partial charge in [0, 0.05) is 0 Å². The number of rotatable bonds is 27. The van der Waals surface area contributed by atoms with Crippen LogP contribution < -0.4 is 54.0 Å². The van der Waals surface area contributed by atoms with E-state index in [2.05, 4.69) is 42.5 Å². The predicted octanol–water partition coefficient (Wildman–Crippen LogP) is -2.77. The Morgan fingerprint density at radius 2 is 0.983 bits per heavy atom. The van der Waals surface area contributed by atoms with Crippen molar-refractivity contribution in [3.63, 3.8) is 0 Å². The zero-order valence-corrected chi connectivity index (χ0v) is 36.1. The summed E-state index contributed by atoms with van der Waals surface area (Å²) >= 11 is 0. The second kappa shape index (κ2) is 27.0.